The molecule has 0 fully saturated rings. The van der Waals surface area contributed by atoms with Gasteiger partial charge in [0.1, 0.15) is 5.75 Å². The van der Waals surface area contributed by atoms with Crippen molar-refractivity contribution >= 4 is 6.09 Å². The van der Waals surface area contributed by atoms with Gasteiger partial charge in [0, 0.05) is 6.04 Å². The SMILES string of the molecule is CCC(CCN)NC(=O)Oc1ccccc1. The van der Waals surface area contributed by atoms with Gasteiger partial charge in [0.2, 0.25) is 0 Å². The van der Waals surface area contributed by atoms with Crippen LogP contribution in [0, 0.1) is 0 Å². The minimum atomic E-state index is -0.425. The van der Waals surface area contributed by atoms with Crippen LogP contribution in [0.4, 0.5) is 4.79 Å². The van der Waals surface area contributed by atoms with Gasteiger partial charge in [-0.15, -0.1) is 0 Å². The van der Waals surface area contributed by atoms with Crippen LogP contribution in [0.25, 0.3) is 0 Å². The van der Waals surface area contributed by atoms with Crippen molar-refractivity contribution in [2.75, 3.05) is 6.54 Å². The van der Waals surface area contributed by atoms with Gasteiger partial charge in [-0.05, 0) is 31.5 Å². The lowest BCUT2D eigenvalue weighted by Gasteiger charge is -2.15. The third-order valence-electron chi connectivity index (χ3n) is 2.28. The number of rotatable bonds is 5. The summed E-state index contributed by atoms with van der Waals surface area (Å²) < 4.78 is 5.10. The van der Waals surface area contributed by atoms with Crippen LogP contribution in [0.3, 0.4) is 0 Å². The van der Waals surface area contributed by atoms with Crippen molar-refractivity contribution in [3.63, 3.8) is 0 Å². The van der Waals surface area contributed by atoms with Crippen molar-refractivity contribution in [2.24, 2.45) is 5.73 Å². The first-order valence-electron chi connectivity index (χ1n) is 5.49. The summed E-state index contributed by atoms with van der Waals surface area (Å²) in [5, 5.41) is 2.77. The minimum absolute atomic E-state index is 0.0845. The molecular weight excluding hydrogens is 204 g/mol. The van der Waals surface area contributed by atoms with Crippen LogP contribution < -0.4 is 15.8 Å². The van der Waals surface area contributed by atoms with Gasteiger partial charge in [-0.2, -0.15) is 0 Å². The number of hydrogen-bond donors (Lipinski definition) is 2. The van der Waals surface area contributed by atoms with E-state index in [1.807, 2.05) is 25.1 Å². The molecule has 1 aromatic rings. The number of para-hydroxylation sites is 1. The first-order valence-corrected chi connectivity index (χ1v) is 5.49. The zero-order chi connectivity index (χ0) is 11.8. The van der Waals surface area contributed by atoms with Gasteiger partial charge < -0.3 is 15.8 Å². The molecule has 1 aromatic carbocycles. The van der Waals surface area contributed by atoms with Crippen LogP contribution >= 0.6 is 0 Å². The average Bonchev–Trinajstić information content (AvgIpc) is 2.29. The maximum atomic E-state index is 11.5. The van der Waals surface area contributed by atoms with Crippen molar-refractivity contribution in [1.29, 1.82) is 0 Å². The zero-order valence-corrected chi connectivity index (χ0v) is 9.48. The molecule has 1 unspecified atom stereocenters. The number of nitrogens with one attached hydrogen (secondary N) is 1. The molecule has 0 saturated heterocycles. The number of hydrogen-bond acceptors (Lipinski definition) is 3. The van der Waals surface area contributed by atoms with Crippen molar-refractivity contribution in [3.8, 4) is 5.75 Å². The van der Waals surface area contributed by atoms with Gasteiger partial charge in [0.25, 0.3) is 0 Å². The molecule has 4 heteroatoms. The maximum Gasteiger partial charge on any atom is 0.412 e. The summed E-state index contributed by atoms with van der Waals surface area (Å²) in [4.78, 5) is 11.5. The van der Waals surface area contributed by atoms with E-state index in [9.17, 15) is 4.79 Å². The second-order valence-electron chi connectivity index (χ2n) is 3.53. The topological polar surface area (TPSA) is 64.3 Å². The summed E-state index contributed by atoms with van der Waals surface area (Å²) in [6.45, 7) is 2.56. The lowest BCUT2D eigenvalue weighted by molar-refractivity contribution is 0.195. The first kappa shape index (κ1) is 12.5. The smallest absolute Gasteiger partial charge is 0.410 e. The van der Waals surface area contributed by atoms with E-state index in [0.717, 1.165) is 12.8 Å². The van der Waals surface area contributed by atoms with E-state index in [-0.39, 0.29) is 6.04 Å². The fourth-order valence-corrected chi connectivity index (χ4v) is 1.37. The Hall–Kier alpha value is -1.55. The van der Waals surface area contributed by atoms with Crippen molar-refractivity contribution < 1.29 is 9.53 Å². The zero-order valence-electron chi connectivity index (χ0n) is 9.48. The highest BCUT2D eigenvalue weighted by Gasteiger charge is 2.10. The molecule has 88 valence electrons. The molecule has 16 heavy (non-hydrogen) atoms. The fourth-order valence-electron chi connectivity index (χ4n) is 1.37. The molecule has 0 bridgehead atoms. The molecule has 4 nitrogen and oxygen atoms in total. The summed E-state index contributed by atoms with van der Waals surface area (Å²) in [5.41, 5.74) is 5.44. The average molecular weight is 222 g/mol. The minimum Gasteiger partial charge on any atom is -0.410 e. The number of ether oxygens (including phenoxy) is 1. The maximum absolute atomic E-state index is 11.5. The van der Waals surface area contributed by atoms with E-state index >= 15 is 0 Å². The number of amides is 1. The summed E-state index contributed by atoms with van der Waals surface area (Å²) in [6, 6.07) is 9.07. The van der Waals surface area contributed by atoms with Gasteiger partial charge in [-0.1, -0.05) is 25.1 Å². The molecule has 0 spiro atoms. The Labute approximate surface area is 95.8 Å². The van der Waals surface area contributed by atoms with Gasteiger partial charge in [0.15, 0.2) is 0 Å². The highest BCUT2D eigenvalue weighted by molar-refractivity contribution is 5.70. The van der Waals surface area contributed by atoms with Gasteiger partial charge in [-0.25, -0.2) is 4.79 Å². The summed E-state index contributed by atoms with van der Waals surface area (Å²) in [6.07, 6.45) is 1.19. The molecule has 1 rings (SSSR count). The van der Waals surface area contributed by atoms with E-state index in [2.05, 4.69) is 5.32 Å². The Morgan fingerprint density at radius 1 is 1.44 bits per heavy atom. The highest BCUT2D eigenvalue weighted by atomic mass is 16.6. The molecule has 0 aromatic heterocycles. The first-order chi connectivity index (χ1) is 7.76. The molecule has 1 atom stereocenters. The quantitative estimate of drug-likeness (QED) is 0.799. The Kier molecular flexibility index (Phi) is 5.36. The second-order valence-corrected chi connectivity index (χ2v) is 3.53. The molecule has 0 heterocycles. The Morgan fingerprint density at radius 3 is 2.69 bits per heavy atom. The van der Waals surface area contributed by atoms with E-state index in [1.54, 1.807) is 12.1 Å². The normalized spacial score (nSPS) is 11.9. The third kappa shape index (κ3) is 4.31. The third-order valence-corrected chi connectivity index (χ3v) is 2.28. The van der Waals surface area contributed by atoms with E-state index in [4.69, 9.17) is 10.5 Å². The van der Waals surface area contributed by atoms with Crippen LogP contribution in [0.1, 0.15) is 19.8 Å². The van der Waals surface area contributed by atoms with Crippen molar-refractivity contribution in [1.82, 2.24) is 5.32 Å². The molecule has 1 amide bonds. The van der Waals surface area contributed by atoms with Crippen LogP contribution in [0.2, 0.25) is 0 Å². The monoisotopic (exact) mass is 222 g/mol. The number of nitrogens with two attached hydrogens (primary N) is 1. The molecule has 0 aliphatic carbocycles. The van der Waals surface area contributed by atoms with Crippen LogP contribution in [0.15, 0.2) is 30.3 Å². The summed E-state index contributed by atoms with van der Waals surface area (Å²) >= 11 is 0. The molecule has 0 aliphatic heterocycles. The Balaban J connectivity index is 2.41. The van der Waals surface area contributed by atoms with Crippen LogP contribution in [-0.2, 0) is 0 Å². The number of benzene rings is 1. The number of carbonyl (C=O) groups excluding carboxylic acids is 1. The largest absolute Gasteiger partial charge is 0.412 e. The lowest BCUT2D eigenvalue weighted by atomic mass is 10.1. The van der Waals surface area contributed by atoms with Crippen LogP contribution in [0.5, 0.6) is 5.75 Å². The van der Waals surface area contributed by atoms with E-state index in [1.165, 1.54) is 0 Å². The Bertz CT molecular complexity index is 314. The molecule has 0 aliphatic rings. The van der Waals surface area contributed by atoms with Gasteiger partial charge in [0.05, 0.1) is 0 Å². The van der Waals surface area contributed by atoms with Gasteiger partial charge in [-0.3, -0.25) is 0 Å². The summed E-state index contributed by atoms with van der Waals surface area (Å²) in [7, 11) is 0. The van der Waals surface area contributed by atoms with Crippen molar-refractivity contribution in [3.05, 3.63) is 30.3 Å². The standard InChI is InChI=1S/C12H18N2O2/c1-2-10(8-9-13)14-12(15)16-11-6-4-3-5-7-11/h3-7,10H,2,8-9,13H2,1H3,(H,14,15). The lowest BCUT2D eigenvalue weighted by Crippen LogP contribution is -2.37. The summed E-state index contributed by atoms with van der Waals surface area (Å²) in [5.74, 6) is 0.544. The predicted molar refractivity (Wildman–Crippen MR) is 63.4 cm³/mol. The Morgan fingerprint density at radius 2 is 2.12 bits per heavy atom. The van der Waals surface area contributed by atoms with Crippen LogP contribution in [-0.4, -0.2) is 18.7 Å². The fraction of sp³-hybridized carbons (Fsp3) is 0.417. The van der Waals surface area contributed by atoms with E-state index in [0.29, 0.717) is 12.3 Å². The predicted octanol–water partition coefficient (Wildman–Crippen LogP) is 1.90. The highest BCUT2D eigenvalue weighted by Crippen LogP contribution is 2.08. The number of carbonyl (C=O) groups is 1. The van der Waals surface area contributed by atoms with Crippen molar-refractivity contribution in [2.45, 2.75) is 25.8 Å². The van der Waals surface area contributed by atoms with E-state index < -0.39 is 6.09 Å². The molecule has 3 N–H and O–H groups in total. The molecular formula is C12H18N2O2. The molecule has 0 radical (unpaired) electrons. The second kappa shape index (κ2) is 6.85. The van der Waals surface area contributed by atoms with Gasteiger partial charge >= 0.3 is 6.09 Å². The molecule has 0 saturated carbocycles.